The third-order valence-corrected chi connectivity index (χ3v) is 3.20. The lowest BCUT2D eigenvalue weighted by Gasteiger charge is -2.04. The summed E-state index contributed by atoms with van der Waals surface area (Å²) < 4.78 is 4.78. The molecule has 0 unspecified atom stereocenters. The van der Waals surface area contributed by atoms with Crippen molar-refractivity contribution in [2.75, 3.05) is 18.1 Å². The van der Waals surface area contributed by atoms with Gasteiger partial charge in [-0.15, -0.1) is 11.8 Å². The molecule has 4 heteroatoms. The molecule has 0 fully saturated rings. The predicted molar refractivity (Wildman–Crippen MR) is 72.1 cm³/mol. The number of carbonyl (C=O) groups excluding carboxylic acids is 1. The molecule has 0 saturated heterocycles. The van der Waals surface area contributed by atoms with E-state index in [1.54, 1.807) is 24.8 Å². The van der Waals surface area contributed by atoms with Crippen molar-refractivity contribution < 1.29 is 9.53 Å². The van der Waals surface area contributed by atoms with E-state index in [4.69, 9.17) is 10.5 Å². The van der Waals surface area contributed by atoms with E-state index in [1.165, 1.54) is 11.6 Å². The van der Waals surface area contributed by atoms with Crippen LogP contribution in [0.25, 0.3) is 0 Å². The van der Waals surface area contributed by atoms with Gasteiger partial charge in [0.05, 0.1) is 6.61 Å². The summed E-state index contributed by atoms with van der Waals surface area (Å²) in [6, 6.07) is 5.82. The molecular formula is C13H17NO2S. The number of thioether (sulfide) groups is 1. The molecule has 0 amide bonds. The molecule has 92 valence electrons. The average molecular weight is 251 g/mol. The maximum atomic E-state index is 11.0. The molecule has 17 heavy (non-hydrogen) atoms. The summed E-state index contributed by atoms with van der Waals surface area (Å²) in [6.07, 6.45) is 3.25. The highest BCUT2D eigenvalue weighted by Gasteiger charge is 1.99. The first kappa shape index (κ1) is 13.6. The van der Waals surface area contributed by atoms with Gasteiger partial charge in [-0.3, -0.25) is 0 Å². The van der Waals surface area contributed by atoms with Gasteiger partial charge < -0.3 is 10.5 Å². The maximum Gasteiger partial charge on any atom is 0.330 e. The van der Waals surface area contributed by atoms with Crippen LogP contribution in [-0.2, 0) is 9.53 Å². The Labute approximate surface area is 106 Å². The minimum Gasteiger partial charge on any atom is -0.463 e. The van der Waals surface area contributed by atoms with Crippen LogP contribution in [0, 0.1) is 6.92 Å². The maximum absolute atomic E-state index is 11.0. The molecule has 0 atom stereocenters. The first-order chi connectivity index (χ1) is 8.13. The number of benzene rings is 1. The number of carbonyl (C=O) groups is 1. The highest BCUT2D eigenvalue weighted by atomic mass is 32.2. The molecule has 0 saturated carbocycles. The van der Waals surface area contributed by atoms with Crippen molar-refractivity contribution >= 4 is 23.4 Å². The molecule has 2 N–H and O–H groups in total. The van der Waals surface area contributed by atoms with Crippen LogP contribution in [0.1, 0.15) is 12.5 Å². The van der Waals surface area contributed by atoms with Crippen LogP contribution in [0.4, 0.5) is 5.69 Å². The summed E-state index contributed by atoms with van der Waals surface area (Å²) in [4.78, 5) is 12.2. The lowest BCUT2D eigenvalue weighted by Crippen LogP contribution is -1.98. The van der Waals surface area contributed by atoms with E-state index in [0.717, 1.165) is 16.3 Å². The van der Waals surface area contributed by atoms with Crippen molar-refractivity contribution in [3.8, 4) is 0 Å². The lowest BCUT2D eigenvalue weighted by molar-refractivity contribution is -0.137. The van der Waals surface area contributed by atoms with Gasteiger partial charge in [-0.2, -0.15) is 0 Å². The largest absolute Gasteiger partial charge is 0.463 e. The molecule has 0 spiro atoms. The molecule has 0 aliphatic rings. The normalized spacial score (nSPS) is 10.7. The summed E-state index contributed by atoms with van der Waals surface area (Å²) in [7, 11) is 0. The molecule has 0 aromatic heterocycles. The minimum absolute atomic E-state index is 0.294. The molecule has 0 heterocycles. The Bertz CT molecular complexity index is 416. The van der Waals surface area contributed by atoms with E-state index >= 15 is 0 Å². The number of esters is 1. The van der Waals surface area contributed by atoms with Crippen LogP contribution in [0.5, 0.6) is 0 Å². The molecule has 0 aliphatic heterocycles. The van der Waals surface area contributed by atoms with Gasteiger partial charge in [-0.05, 0) is 31.5 Å². The van der Waals surface area contributed by atoms with Crippen LogP contribution >= 0.6 is 11.8 Å². The van der Waals surface area contributed by atoms with Crippen molar-refractivity contribution in [1.29, 1.82) is 0 Å². The van der Waals surface area contributed by atoms with Crippen LogP contribution in [0.3, 0.4) is 0 Å². The number of hydrogen-bond donors (Lipinski definition) is 1. The van der Waals surface area contributed by atoms with E-state index < -0.39 is 0 Å². The zero-order valence-electron chi connectivity index (χ0n) is 10.1. The number of hydrogen-bond acceptors (Lipinski definition) is 4. The third kappa shape index (κ3) is 4.95. The van der Waals surface area contributed by atoms with Crippen molar-refractivity contribution in [2.24, 2.45) is 0 Å². The molecular weight excluding hydrogens is 234 g/mol. The van der Waals surface area contributed by atoms with E-state index in [2.05, 4.69) is 0 Å². The van der Waals surface area contributed by atoms with Crippen LogP contribution in [0.2, 0.25) is 0 Å². The Kier molecular flexibility index (Phi) is 5.63. The average Bonchev–Trinajstić information content (AvgIpc) is 2.29. The second-order valence-electron chi connectivity index (χ2n) is 3.49. The van der Waals surface area contributed by atoms with Crippen LogP contribution in [-0.4, -0.2) is 18.3 Å². The number of anilines is 1. The summed E-state index contributed by atoms with van der Waals surface area (Å²) in [5.41, 5.74) is 7.66. The monoisotopic (exact) mass is 251 g/mol. The van der Waals surface area contributed by atoms with Crippen molar-refractivity contribution in [1.82, 2.24) is 0 Å². The van der Waals surface area contributed by atoms with E-state index in [9.17, 15) is 4.79 Å². The molecule has 3 nitrogen and oxygen atoms in total. The smallest absolute Gasteiger partial charge is 0.330 e. The zero-order valence-corrected chi connectivity index (χ0v) is 10.9. The van der Waals surface area contributed by atoms with E-state index in [-0.39, 0.29) is 5.97 Å². The van der Waals surface area contributed by atoms with Crippen LogP contribution < -0.4 is 5.73 Å². The van der Waals surface area contributed by atoms with Crippen molar-refractivity contribution in [3.05, 3.63) is 35.9 Å². The van der Waals surface area contributed by atoms with Crippen LogP contribution in [0.15, 0.2) is 35.2 Å². The van der Waals surface area contributed by atoms with E-state index in [1.807, 2.05) is 25.1 Å². The highest BCUT2D eigenvalue weighted by Crippen LogP contribution is 2.24. The Morgan fingerprint density at radius 3 is 3.00 bits per heavy atom. The number of aryl methyl sites for hydroxylation is 1. The summed E-state index contributed by atoms with van der Waals surface area (Å²) in [6.45, 7) is 4.23. The second kappa shape index (κ2) is 7.01. The number of ether oxygens (including phenoxy) is 1. The van der Waals surface area contributed by atoms with Gasteiger partial charge in [0.15, 0.2) is 0 Å². The fourth-order valence-corrected chi connectivity index (χ4v) is 2.13. The zero-order chi connectivity index (χ0) is 12.7. The van der Waals surface area contributed by atoms with Gasteiger partial charge in [-0.25, -0.2) is 4.79 Å². The first-order valence-electron chi connectivity index (χ1n) is 5.45. The number of nitrogen functional groups attached to an aromatic ring is 1. The van der Waals surface area contributed by atoms with Gasteiger partial charge in [0, 0.05) is 22.4 Å². The quantitative estimate of drug-likeness (QED) is 0.378. The van der Waals surface area contributed by atoms with Gasteiger partial charge in [0.2, 0.25) is 0 Å². The number of nitrogens with two attached hydrogens (primary N) is 1. The van der Waals surface area contributed by atoms with Gasteiger partial charge in [0.1, 0.15) is 0 Å². The summed E-state index contributed by atoms with van der Waals surface area (Å²) in [5.74, 6) is 0.431. The van der Waals surface area contributed by atoms with E-state index in [0.29, 0.717) is 6.61 Å². The molecule has 1 aromatic rings. The lowest BCUT2D eigenvalue weighted by atomic mass is 10.2. The Morgan fingerprint density at radius 1 is 1.53 bits per heavy atom. The fourth-order valence-electron chi connectivity index (χ4n) is 1.24. The Morgan fingerprint density at radius 2 is 2.29 bits per heavy atom. The van der Waals surface area contributed by atoms with Gasteiger partial charge >= 0.3 is 5.97 Å². The first-order valence-corrected chi connectivity index (χ1v) is 6.44. The van der Waals surface area contributed by atoms with Crippen molar-refractivity contribution in [3.63, 3.8) is 0 Å². The summed E-state index contributed by atoms with van der Waals surface area (Å²) in [5, 5.41) is 0. The fraction of sp³-hybridized carbons (Fsp3) is 0.308. The second-order valence-corrected chi connectivity index (χ2v) is 4.55. The summed E-state index contributed by atoms with van der Waals surface area (Å²) >= 11 is 1.65. The number of rotatable bonds is 5. The predicted octanol–water partition coefficient (Wildman–Crippen LogP) is 2.79. The van der Waals surface area contributed by atoms with Gasteiger partial charge in [0.25, 0.3) is 0 Å². The Balaban J connectivity index is 2.45. The van der Waals surface area contributed by atoms with Gasteiger partial charge in [-0.1, -0.05) is 12.1 Å². The molecule has 1 aromatic carbocycles. The SMILES string of the molecule is CCOC(=O)/C=C/CSc1cc(N)ccc1C. The molecule has 0 radical (unpaired) electrons. The topological polar surface area (TPSA) is 52.3 Å². The standard InChI is InChI=1S/C13H17NO2S/c1-3-16-13(15)5-4-8-17-12-9-11(14)7-6-10(12)2/h4-7,9H,3,8,14H2,1-2H3/b5-4+. The highest BCUT2D eigenvalue weighted by molar-refractivity contribution is 7.99. The Hall–Kier alpha value is -1.42. The van der Waals surface area contributed by atoms with Crippen molar-refractivity contribution in [2.45, 2.75) is 18.7 Å². The molecule has 0 aliphatic carbocycles. The molecule has 1 rings (SSSR count). The minimum atomic E-state index is -0.294. The third-order valence-electron chi connectivity index (χ3n) is 2.09. The molecule has 0 bridgehead atoms.